The first-order valence-electron chi connectivity index (χ1n) is 6.23. The minimum absolute atomic E-state index is 0.0523. The number of rotatable bonds is 4. The van der Waals surface area contributed by atoms with Crippen molar-refractivity contribution in [3.05, 3.63) is 24.3 Å². The van der Waals surface area contributed by atoms with Crippen LogP contribution < -0.4 is 5.32 Å². The molecule has 20 heavy (non-hydrogen) atoms. The van der Waals surface area contributed by atoms with Crippen LogP contribution in [0.3, 0.4) is 0 Å². The number of carbonyl (C=O) groups excluding carboxylic acids is 1. The lowest BCUT2D eigenvalue weighted by atomic mass is 10.1. The van der Waals surface area contributed by atoms with E-state index in [-0.39, 0.29) is 12.5 Å². The maximum Gasteiger partial charge on any atom is 0.471 e. The Morgan fingerprint density at radius 3 is 2.40 bits per heavy atom. The maximum absolute atomic E-state index is 11.9. The second-order valence-corrected chi connectivity index (χ2v) is 10.2. The average Bonchev–Trinajstić information content (AvgIpc) is 2.27. The monoisotopic (exact) mass is 303 g/mol. The van der Waals surface area contributed by atoms with Crippen molar-refractivity contribution in [1.29, 1.82) is 0 Å². The number of carbonyl (C=O) groups is 1. The zero-order chi connectivity index (χ0) is 15.8. The van der Waals surface area contributed by atoms with Crippen LogP contribution in [0.25, 0.3) is 0 Å². The molecule has 0 fully saturated rings. The number of hydrogen-bond acceptors (Lipinski definition) is 1. The predicted octanol–water partition coefficient (Wildman–Crippen LogP) is 3.29. The number of alkyl halides is 3. The highest BCUT2D eigenvalue weighted by molar-refractivity contribution is 6.83. The van der Waals surface area contributed by atoms with Gasteiger partial charge in [-0.2, -0.15) is 13.2 Å². The summed E-state index contributed by atoms with van der Waals surface area (Å²) in [5, 5.41) is 1.83. The Morgan fingerprint density at radius 1 is 1.30 bits per heavy atom. The van der Waals surface area contributed by atoms with Crippen LogP contribution in [0.5, 0.6) is 0 Å². The Kier molecular flexibility index (Phi) is 7.36. The zero-order valence-corrected chi connectivity index (χ0v) is 13.1. The molecule has 0 saturated heterocycles. The fourth-order valence-corrected chi connectivity index (χ4v) is 1.55. The molecule has 1 atom stereocenters. The van der Waals surface area contributed by atoms with Gasteiger partial charge in [0.25, 0.3) is 0 Å². The topological polar surface area (TPSA) is 29.1 Å². The Labute approximate surface area is 119 Å². The fraction of sp³-hybridized carbons (Fsp3) is 0.500. The molecule has 0 radical (unpaired) electrons. The SMILES string of the molecule is C[C@H](/C=C/C=C/C#C[Si](C)(C)C)CNC(=O)C(F)(F)F. The molecule has 0 spiro atoms. The molecule has 0 aliphatic carbocycles. The molecule has 0 aromatic heterocycles. The molecule has 1 amide bonds. The standard InChI is InChI=1S/C14H20F3NOSi/c1-12(11-18-13(19)14(15,16)17)9-7-5-6-8-10-20(2,3)4/h5-7,9,12H,11H2,1-4H3,(H,18,19)/b6-5+,9-7+/t12-/m1/s1. The van der Waals surface area contributed by atoms with E-state index in [1.54, 1.807) is 31.2 Å². The summed E-state index contributed by atoms with van der Waals surface area (Å²) in [6, 6.07) is 0. The van der Waals surface area contributed by atoms with Crippen LogP contribution in [0.15, 0.2) is 24.3 Å². The zero-order valence-electron chi connectivity index (χ0n) is 12.1. The molecule has 0 rings (SSSR count). The van der Waals surface area contributed by atoms with E-state index in [0.29, 0.717) is 0 Å². The Bertz CT molecular complexity index is 436. The Balaban J connectivity index is 4.12. The molecule has 0 unspecified atom stereocenters. The van der Waals surface area contributed by atoms with E-state index >= 15 is 0 Å². The molecule has 6 heteroatoms. The first-order valence-corrected chi connectivity index (χ1v) is 9.73. The largest absolute Gasteiger partial charge is 0.471 e. The van der Waals surface area contributed by atoms with Crippen molar-refractivity contribution in [3.63, 3.8) is 0 Å². The predicted molar refractivity (Wildman–Crippen MR) is 77.6 cm³/mol. The number of nitrogens with one attached hydrogen (secondary N) is 1. The van der Waals surface area contributed by atoms with Gasteiger partial charge < -0.3 is 5.32 Å². The summed E-state index contributed by atoms with van der Waals surface area (Å²) in [6.45, 7) is 8.07. The van der Waals surface area contributed by atoms with E-state index in [1.807, 2.05) is 5.32 Å². The molecular formula is C14H20F3NOSi. The second-order valence-electron chi connectivity index (χ2n) is 5.45. The lowest BCUT2D eigenvalue weighted by molar-refractivity contribution is -0.173. The lowest BCUT2D eigenvalue weighted by Gasteiger charge is -2.10. The second kappa shape index (κ2) is 7.95. The summed E-state index contributed by atoms with van der Waals surface area (Å²) in [4.78, 5) is 10.6. The minimum Gasteiger partial charge on any atom is -0.348 e. The molecule has 0 aliphatic heterocycles. The van der Waals surface area contributed by atoms with E-state index < -0.39 is 20.2 Å². The summed E-state index contributed by atoms with van der Waals surface area (Å²) in [6.07, 6.45) is 2.04. The summed E-state index contributed by atoms with van der Waals surface area (Å²) >= 11 is 0. The van der Waals surface area contributed by atoms with Gasteiger partial charge in [-0.15, -0.1) is 5.54 Å². The highest BCUT2D eigenvalue weighted by Gasteiger charge is 2.38. The molecule has 0 aromatic carbocycles. The van der Waals surface area contributed by atoms with Crippen molar-refractivity contribution in [2.75, 3.05) is 6.54 Å². The van der Waals surface area contributed by atoms with E-state index in [2.05, 4.69) is 31.1 Å². The smallest absolute Gasteiger partial charge is 0.348 e. The van der Waals surface area contributed by atoms with E-state index in [0.717, 1.165) is 0 Å². The fourth-order valence-electron chi connectivity index (χ4n) is 1.04. The third-order valence-electron chi connectivity index (χ3n) is 2.02. The van der Waals surface area contributed by atoms with Crippen LogP contribution in [0.1, 0.15) is 6.92 Å². The van der Waals surface area contributed by atoms with Gasteiger partial charge in [0.15, 0.2) is 0 Å². The number of allylic oxidation sites excluding steroid dienone is 3. The van der Waals surface area contributed by atoms with Gasteiger partial charge in [-0.05, 0) is 12.0 Å². The molecule has 112 valence electrons. The first-order chi connectivity index (χ1) is 9.02. The van der Waals surface area contributed by atoms with E-state index in [4.69, 9.17) is 0 Å². The first kappa shape index (κ1) is 18.5. The van der Waals surface area contributed by atoms with Gasteiger partial charge in [0, 0.05) is 6.54 Å². The minimum atomic E-state index is -4.82. The average molecular weight is 303 g/mol. The normalized spacial score (nSPS) is 14.2. The highest BCUT2D eigenvalue weighted by Crippen LogP contribution is 2.14. The van der Waals surface area contributed by atoms with Crippen LogP contribution in [-0.2, 0) is 4.79 Å². The van der Waals surface area contributed by atoms with Gasteiger partial charge >= 0.3 is 12.1 Å². The third-order valence-corrected chi connectivity index (χ3v) is 2.91. The Morgan fingerprint density at radius 2 is 1.90 bits per heavy atom. The van der Waals surface area contributed by atoms with Gasteiger partial charge in [-0.3, -0.25) is 4.79 Å². The Hall–Kier alpha value is -1.48. The van der Waals surface area contributed by atoms with Crippen molar-refractivity contribution < 1.29 is 18.0 Å². The quantitative estimate of drug-likeness (QED) is 0.482. The van der Waals surface area contributed by atoms with Gasteiger partial charge in [-0.25, -0.2) is 0 Å². The molecule has 0 heterocycles. The molecule has 0 saturated carbocycles. The van der Waals surface area contributed by atoms with Crippen molar-refractivity contribution in [3.8, 4) is 11.5 Å². The van der Waals surface area contributed by atoms with Crippen LogP contribution in [0.2, 0.25) is 19.6 Å². The molecule has 1 N–H and O–H groups in total. The van der Waals surface area contributed by atoms with Crippen molar-refractivity contribution in [2.24, 2.45) is 5.92 Å². The van der Waals surface area contributed by atoms with E-state index in [1.165, 1.54) is 0 Å². The molecule has 0 bridgehead atoms. The lowest BCUT2D eigenvalue weighted by Crippen LogP contribution is -2.38. The van der Waals surface area contributed by atoms with Crippen LogP contribution in [0, 0.1) is 17.4 Å². The van der Waals surface area contributed by atoms with Gasteiger partial charge in [0.1, 0.15) is 8.07 Å². The summed E-state index contributed by atoms with van der Waals surface area (Å²) in [7, 11) is -1.37. The molecule has 2 nitrogen and oxygen atoms in total. The number of hydrogen-bond donors (Lipinski definition) is 1. The van der Waals surface area contributed by atoms with Crippen molar-refractivity contribution in [2.45, 2.75) is 32.7 Å². The van der Waals surface area contributed by atoms with Gasteiger partial charge in [0.2, 0.25) is 0 Å². The number of halogens is 3. The highest BCUT2D eigenvalue weighted by atomic mass is 28.3. The maximum atomic E-state index is 11.9. The van der Waals surface area contributed by atoms with E-state index in [9.17, 15) is 18.0 Å². The van der Waals surface area contributed by atoms with Gasteiger partial charge in [-0.1, -0.05) is 50.7 Å². The molecule has 0 aromatic rings. The van der Waals surface area contributed by atoms with Crippen LogP contribution in [0.4, 0.5) is 13.2 Å². The van der Waals surface area contributed by atoms with Crippen LogP contribution >= 0.6 is 0 Å². The summed E-state index contributed by atoms with van der Waals surface area (Å²) in [5.74, 6) is 0.838. The van der Waals surface area contributed by atoms with Crippen molar-refractivity contribution in [1.82, 2.24) is 5.32 Å². The summed E-state index contributed by atoms with van der Waals surface area (Å²) < 4.78 is 35.8. The van der Waals surface area contributed by atoms with Crippen LogP contribution in [-0.4, -0.2) is 26.7 Å². The van der Waals surface area contributed by atoms with Crippen molar-refractivity contribution >= 4 is 14.0 Å². The van der Waals surface area contributed by atoms with Gasteiger partial charge in [0.05, 0.1) is 0 Å². The summed E-state index contributed by atoms with van der Waals surface area (Å²) in [5.41, 5.74) is 3.15. The third kappa shape index (κ3) is 10.4. The molecule has 0 aliphatic rings. The molecular weight excluding hydrogens is 283 g/mol. The number of amides is 1.